The van der Waals surface area contributed by atoms with E-state index in [2.05, 4.69) is 9.55 Å². The molecular formula is C21H19ClF3N3O2S. The van der Waals surface area contributed by atoms with Crippen LogP contribution in [0, 0.1) is 0 Å². The quantitative estimate of drug-likeness (QED) is 0.540. The maximum atomic E-state index is 13.2. The number of halogens is 4. The van der Waals surface area contributed by atoms with Crippen molar-refractivity contribution in [1.82, 2.24) is 14.3 Å². The number of fused-ring (bicyclic) bond motifs is 1. The summed E-state index contributed by atoms with van der Waals surface area (Å²) in [5.74, 6) is 0. The van der Waals surface area contributed by atoms with Gasteiger partial charge in [-0.3, -0.25) is 0 Å². The number of alkyl halides is 3. The fraction of sp³-hybridized carbons (Fsp3) is 0.381. The van der Waals surface area contributed by atoms with E-state index in [4.69, 9.17) is 11.6 Å². The van der Waals surface area contributed by atoms with Crippen LogP contribution in [0.15, 0.2) is 47.5 Å². The minimum atomic E-state index is -4.61. The van der Waals surface area contributed by atoms with Gasteiger partial charge in [0.1, 0.15) is 11.2 Å². The maximum Gasteiger partial charge on any atom is 0.407 e. The van der Waals surface area contributed by atoms with Crippen LogP contribution >= 0.6 is 11.6 Å². The molecule has 5 rings (SSSR count). The molecule has 1 N–H and O–H groups in total. The lowest BCUT2D eigenvalue weighted by atomic mass is 9.92. The Kier molecular flexibility index (Phi) is 4.66. The summed E-state index contributed by atoms with van der Waals surface area (Å²) < 4.78 is 68.6. The second kappa shape index (κ2) is 6.95. The lowest BCUT2D eigenvalue weighted by Crippen LogP contribution is -2.47. The van der Waals surface area contributed by atoms with Crippen molar-refractivity contribution >= 4 is 32.7 Å². The Hall–Kier alpha value is -2.10. The zero-order valence-electron chi connectivity index (χ0n) is 16.3. The van der Waals surface area contributed by atoms with Crippen molar-refractivity contribution < 1.29 is 21.6 Å². The van der Waals surface area contributed by atoms with Crippen molar-refractivity contribution in [3.63, 3.8) is 0 Å². The average molecular weight is 470 g/mol. The number of nitrogens with one attached hydrogen (secondary N) is 1. The van der Waals surface area contributed by atoms with Crippen molar-refractivity contribution in [3.05, 3.63) is 47.6 Å². The SMILES string of the molecule is O=S(=O)(NC1(C(F)(F)F)CC1)c1ccc(-c2cc3cc(Cl)cnc3n2C2CCC2)cc1. The van der Waals surface area contributed by atoms with Crippen molar-refractivity contribution in [1.29, 1.82) is 0 Å². The van der Waals surface area contributed by atoms with Crippen LogP contribution in [0.3, 0.4) is 0 Å². The number of aromatic nitrogens is 2. The van der Waals surface area contributed by atoms with Crippen LogP contribution < -0.4 is 4.72 Å². The lowest BCUT2D eigenvalue weighted by Gasteiger charge is -2.29. The fourth-order valence-corrected chi connectivity index (χ4v) is 5.63. The second-order valence-electron chi connectivity index (χ2n) is 8.26. The van der Waals surface area contributed by atoms with Gasteiger partial charge in [-0.1, -0.05) is 23.7 Å². The lowest BCUT2D eigenvalue weighted by molar-refractivity contribution is -0.160. The molecule has 2 aromatic heterocycles. The first-order valence-corrected chi connectivity index (χ1v) is 11.8. The van der Waals surface area contributed by atoms with E-state index in [1.807, 2.05) is 16.9 Å². The number of hydrogen-bond donors (Lipinski definition) is 1. The Morgan fingerprint density at radius 1 is 1.13 bits per heavy atom. The summed E-state index contributed by atoms with van der Waals surface area (Å²) in [4.78, 5) is 4.28. The first-order valence-electron chi connectivity index (χ1n) is 9.97. The normalized spacial score (nSPS) is 18.8. The molecule has 31 heavy (non-hydrogen) atoms. The van der Waals surface area contributed by atoms with Crippen LogP contribution in [0.5, 0.6) is 0 Å². The van der Waals surface area contributed by atoms with Gasteiger partial charge in [-0.05, 0) is 61.9 Å². The molecule has 0 radical (unpaired) electrons. The van der Waals surface area contributed by atoms with Gasteiger partial charge >= 0.3 is 6.18 Å². The molecule has 1 aromatic carbocycles. The van der Waals surface area contributed by atoms with Crippen LogP contribution in [-0.2, 0) is 10.0 Å². The Labute approximate surface area is 182 Å². The highest BCUT2D eigenvalue weighted by atomic mass is 35.5. The third kappa shape index (κ3) is 3.52. The average Bonchev–Trinajstić information content (AvgIpc) is 3.35. The van der Waals surface area contributed by atoms with Gasteiger partial charge in [0.05, 0.1) is 15.6 Å². The van der Waals surface area contributed by atoms with E-state index in [0.717, 1.165) is 41.6 Å². The summed E-state index contributed by atoms with van der Waals surface area (Å²) in [5, 5.41) is 1.41. The Morgan fingerprint density at radius 2 is 1.81 bits per heavy atom. The van der Waals surface area contributed by atoms with Crippen molar-refractivity contribution in [2.75, 3.05) is 0 Å². The molecule has 164 valence electrons. The highest BCUT2D eigenvalue weighted by molar-refractivity contribution is 7.89. The number of pyridine rings is 1. The number of hydrogen-bond acceptors (Lipinski definition) is 3. The number of nitrogens with zero attached hydrogens (tertiary/aromatic N) is 2. The molecule has 5 nitrogen and oxygen atoms in total. The molecule has 2 aliphatic carbocycles. The molecular weight excluding hydrogens is 451 g/mol. The van der Waals surface area contributed by atoms with E-state index >= 15 is 0 Å². The van der Waals surface area contributed by atoms with E-state index < -0.39 is 21.7 Å². The van der Waals surface area contributed by atoms with Crippen molar-refractivity contribution in [2.24, 2.45) is 0 Å². The number of rotatable bonds is 5. The van der Waals surface area contributed by atoms with Gasteiger partial charge in [-0.25, -0.2) is 13.4 Å². The Balaban J connectivity index is 1.50. The van der Waals surface area contributed by atoms with Crippen molar-refractivity contribution in [2.45, 2.75) is 54.8 Å². The van der Waals surface area contributed by atoms with Gasteiger partial charge in [-0.2, -0.15) is 17.9 Å². The molecule has 10 heteroatoms. The molecule has 2 aliphatic rings. The monoisotopic (exact) mass is 469 g/mol. The smallest absolute Gasteiger partial charge is 0.322 e. The fourth-order valence-electron chi connectivity index (χ4n) is 4.01. The van der Waals surface area contributed by atoms with Gasteiger partial charge in [0.2, 0.25) is 10.0 Å². The molecule has 0 amide bonds. The highest BCUT2D eigenvalue weighted by Crippen LogP contribution is 2.49. The topological polar surface area (TPSA) is 64.0 Å². The van der Waals surface area contributed by atoms with E-state index in [0.29, 0.717) is 11.1 Å². The second-order valence-corrected chi connectivity index (χ2v) is 10.4. The van der Waals surface area contributed by atoms with Crippen LogP contribution in [0.25, 0.3) is 22.3 Å². The van der Waals surface area contributed by atoms with E-state index in [-0.39, 0.29) is 17.7 Å². The molecule has 0 unspecified atom stereocenters. The molecule has 0 spiro atoms. The minimum Gasteiger partial charge on any atom is -0.322 e. The van der Waals surface area contributed by atoms with Gasteiger partial charge in [0.15, 0.2) is 0 Å². The van der Waals surface area contributed by atoms with E-state index in [1.165, 1.54) is 12.1 Å². The molecule has 2 fully saturated rings. The molecule has 0 aliphatic heterocycles. The number of benzene rings is 1. The molecule has 0 atom stereocenters. The summed E-state index contributed by atoms with van der Waals surface area (Å²) in [6, 6.07) is 10.0. The zero-order valence-corrected chi connectivity index (χ0v) is 17.9. The highest BCUT2D eigenvalue weighted by Gasteiger charge is 2.65. The van der Waals surface area contributed by atoms with Gasteiger partial charge in [0, 0.05) is 17.6 Å². The van der Waals surface area contributed by atoms with E-state index in [1.54, 1.807) is 18.3 Å². The Bertz CT molecular complexity index is 1260. The summed E-state index contributed by atoms with van der Waals surface area (Å²) in [6.45, 7) is 0. The first kappa shape index (κ1) is 20.8. The van der Waals surface area contributed by atoms with Crippen LogP contribution in [0.1, 0.15) is 38.1 Å². The summed E-state index contributed by atoms with van der Waals surface area (Å²) in [6.07, 6.45) is -0.332. The van der Waals surface area contributed by atoms with Gasteiger partial charge < -0.3 is 4.57 Å². The first-order chi connectivity index (χ1) is 14.6. The molecule has 0 saturated heterocycles. The van der Waals surface area contributed by atoms with Crippen molar-refractivity contribution in [3.8, 4) is 11.3 Å². The summed E-state index contributed by atoms with van der Waals surface area (Å²) in [5.41, 5.74) is 0.104. The summed E-state index contributed by atoms with van der Waals surface area (Å²) in [7, 11) is -4.29. The molecule has 2 heterocycles. The maximum absolute atomic E-state index is 13.2. The predicted molar refractivity (Wildman–Crippen MR) is 111 cm³/mol. The largest absolute Gasteiger partial charge is 0.407 e. The number of sulfonamides is 1. The molecule has 2 saturated carbocycles. The van der Waals surface area contributed by atoms with Gasteiger partial charge in [-0.15, -0.1) is 0 Å². The van der Waals surface area contributed by atoms with E-state index in [9.17, 15) is 21.6 Å². The minimum absolute atomic E-state index is 0.195. The third-order valence-electron chi connectivity index (χ3n) is 6.16. The predicted octanol–water partition coefficient (Wildman–Crippen LogP) is 5.45. The van der Waals surface area contributed by atoms with Gasteiger partial charge in [0.25, 0.3) is 0 Å². The third-order valence-corrected chi connectivity index (χ3v) is 7.92. The summed E-state index contributed by atoms with van der Waals surface area (Å²) >= 11 is 6.09. The molecule has 3 aromatic rings. The molecule has 0 bridgehead atoms. The van der Waals surface area contributed by atoms with Crippen LogP contribution in [0.4, 0.5) is 13.2 Å². The van der Waals surface area contributed by atoms with Crippen LogP contribution in [0.2, 0.25) is 5.02 Å². The zero-order chi connectivity index (χ0) is 22.0. The standard InChI is InChI=1S/C21H19ClF3N3O2S/c22-15-10-14-11-18(28(16-2-1-3-16)19(14)26-12-15)13-4-6-17(7-5-13)31(29,30)27-20(8-9-20)21(23,24)25/h4-7,10-12,16,27H,1-3,8-9H2. The Morgan fingerprint density at radius 3 is 2.35 bits per heavy atom. The van der Waals surface area contributed by atoms with Crippen LogP contribution in [-0.4, -0.2) is 29.7 Å².